The van der Waals surface area contributed by atoms with E-state index in [2.05, 4.69) is 52.1 Å². The third-order valence-electron chi connectivity index (χ3n) is 5.84. The summed E-state index contributed by atoms with van der Waals surface area (Å²) >= 11 is 0. The van der Waals surface area contributed by atoms with E-state index in [9.17, 15) is 10.2 Å². The maximum absolute atomic E-state index is 9.84. The van der Waals surface area contributed by atoms with Gasteiger partial charge in [0.2, 0.25) is 0 Å². The summed E-state index contributed by atoms with van der Waals surface area (Å²) in [7, 11) is 0. The Labute approximate surface area is 199 Å². The largest absolute Gasteiger partial charge is 0.393 e. The highest BCUT2D eigenvalue weighted by Gasteiger charge is 2.26. The van der Waals surface area contributed by atoms with E-state index in [0.717, 1.165) is 35.3 Å². The van der Waals surface area contributed by atoms with Crippen LogP contribution in [0.5, 0.6) is 0 Å². The molecule has 1 fully saturated rings. The van der Waals surface area contributed by atoms with Gasteiger partial charge in [-0.05, 0) is 35.7 Å². The number of aliphatic hydroxyl groups is 2. The Hall–Kier alpha value is -3.46. The van der Waals surface area contributed by atoms with Crippen LogP contribution in [0.3, 0.4) is 0 Å². The van der Waals surface area contributed by atoms with E-state index in [-0.39, 0.29) is 12.7 Å². The van der Waals surface area contributed by atoms with Gasteiger partial charge in [0.15, 0.2) is 0 Å². The Morgan fingerprint density at radius 1 is 1.12 bits per heavy atom. The van der Waals surface area contributed by atoms with Crippen molar-refractivity contribution >= 4 is 0 Å². The number of benzene rings is 2. The Morgan fingerprint density at radius 3 is 2.41 bits per heavy atom. The average molecular weight is 457 g/mol. The van der Waals surface area contributed by atoms with E-state index in [1.165, 1.54) is 0 Å². The fourth-order valence-corrected chi connectivity index (χ4v) is 3.89. The second-order valence-corrected chi connectivity index (χ2v) is 8.40. The molecule has 0 unspecified atom stereocenters. The van der Waals surface area contributed by atoms with Crippen molar-refractivity contribution in [2.75, 3.05) is 26.2 Å². The summed E-state index contributed by atoms with van der Waals surface area (Å²) in [6, 6.07) is 18.0. The van der Waals surface area contributed by atoms with Crippen LogP contribution in [0.4, 0.5) is 0 Å². The lowest BCUT2D eigenvalue weighted by atomic mass is 10.0. The number of rotatable bonds is 8. The molecule has 7 nitrogen and oxygen atoms in total. The third-order valence-corrected chi connectivity index (χ3v) is 5.84. The summed E-state index contributed by atoms with van der Waals surface area (Å²) in [4.78, 5) is 6.21. The van der Waals surface area contributed by atoms with Crippen molar-refractivity contribution in [2.24, 2.45) is 0 Å². The number of nitriles is 1. The van der Waals surface area contributed by atoms with Gasteiger partial charge in [-0.1, -0.05) is 48.2 Å². The molecular formula is C27H28N4O3. The van der Waals surface area contributed by atoms with Crippen LogP contribution >= 0.6 is 0 Å². The topological polar surface area (TPSA) is 94.5 Å². The second-order valence-electron chi connectivity index (χ2n) is 8.40. The number of likely N-dealkylation sites (tertiary alicyclic amines) is 1. The molecule has 1 aliphatic heterocycles. The van der Waals surface area contributed by atoms with Crippen LogP contribution in [-0.2, 0) is 11.3 Å². The number of ether oxygens (including phenoxy) is 1. The van der Waals surface area contributed by atoms with Gasteiger partial charge in [0.1, 0.15) is 18.0 Å². The first-order valence-corrected chi connectivity index (χ1v) is 11.3. The highest BCUT2D eigenvalue weighted by Crippen LogP contribution is 2.22. The monoisotopic (exact) mass is 456 g/mol. The molecule has 1 aliphatic rings. The average Bonchev–Trinajstić information content (AvgIpc) is 3.32. The standard InChI is InChI=1S/C27H28N4O3/c1-20(33)27-29-13-15-31(27)25(18-32)11-6-21-2-7-23(8-3-21)24-9-4-22(5-10-24)19-34-26-16-30(17-26)14-12-28/h2-5,7-10,13,15,20,25-26,32-33H,14,16-19H2,1H3/t20-,25-/m0/s1. The molecule has 0 bridgehead atoms. The van der Waals surface area contributed by atoms with Gasteiger partial charge in [-0.2, -0.15) is 5.26 Å². The summed E-state index contributed by atoms with van der Waals surface area (Å²) in [5.74, 6) is 6.66. The van der Waals surface area contributed by atoms with E-state index in [1.807, 2.05) is 24.3 Å². The Morgan fingerprint density at radius 2 is 1.79 bits per heavy atom. The molecule has 174 valence electrons. The molecule has 0 saturated carbocycles. The number of nitrogens with zero attached hydrogens (tertiary/aromatic N) is 4. The van der Waals surface area contributed by atoms with Gasteiger partial charge in [0, 0.05) is 31.0 Å². The van der Waals surface area contributed by atoms with Crippen LogP contribution < -0.4 is 0 Å². The lowest BCUT2D eigenvalue weighted by molar-refractivity contribution is -0.0572. The third kappa shape index (κ3) is 5.72. The van der Waals surface area contributed by atoms with Gasteiger partial charge in [0.25, 0.3) is 0 Å². The van der Waals surface area contributed by atoms with Gasteiger partial charge in [-0.25, -0.2) is 4.98 Å². The number of hydrogen-bond donors (Lipinski definition) is 2. The van der Waals surface area contributed by atoms with Gasteiger partial charge < -0.3 is 19.5 Å². The quantitative estimate of drug-likeness (QED) is 0.400. The van der Waals surface area contributed by atoms with Crippen molar-refractivity contribution in [3.8, 4) is 29.0 Å². The lowest BCUT2D eigenvalue weighted by Gasteiger charge is -2.37. The molecule has 2 N–H and O–H groups in total. The summed E-state index contributed by atoms with van der Waals surface area (Å²) in [5, 5.41) is 28.3. The van der Waals surface area contributed by atoms with Crippen LogP contribution in [0.15, 0.2) is 60.9 Å². The first-order chi connectivity index (χ1) is 16.6. The zero-order valence-electron chi connectivity index (χ0n) is 19.1. The fraction of sp³-hybridized carbons (Fsp3) is 0.333. The van der Waals surface area contributed by atoms with E-state index < -0.39 is 12.1 Å². The van der Waals surface area contributed by atoms with Crippen LogP contribution in [0.2, 0.25) is 0 Å². The molecule has 3 aromatic rings. The molecule has 4 rings (SSSR count). The van der Waals surface area contributed by atoms with Crippen LogP contribution in [0, 0.1) is 23.2 Å². The number of aromatic nitrogens is 2. The van der Waals surface area contributed by atoms with Crippen molar-refractivity contribution < 1.29 is 14.9 Å². The normalized spacial score (nSPS) is 15.6. The molecule has 1 saturated heterocycles. The summed E-state index contributed by atoms with van der Waals surface area (Å²) in [5.41, 5.74) is 4.17. The van der Waals surface area contributed by atoms with E-state index in [4.69, 9.17) is 10.00 Å². The molecule has 2 heterocycles. The van der Waals surface area contributed by atoms with Gasteiger partial charge in [0.05, 0.1) is 31.9 Å². The maximum atomic E-state index is 9.84. The molecular weight excluding hydrogens is 428 g/mol. The summed E-state index contributed by atoms with van der Waals surface area (Å²) in [6.45, 7) is 4.15. The van der Waals surface area contributed by atoms with Gasteiger partial charge in [-0.3, -0.25) is 4.90 Å². The zero-order valence-corrected chi connectivity index (χ0v) is 19.1. The van der Waals surface area contributed by atoms with E-state index >= 15 is 0 Å². The molecule has 1 aromatic heterocycles. The molecule has 0 spiro atoms. The first-order valence-electron chi connectivity index (χ1n) is 11.3. The SMILES string of the molecule is C[C@H](O)c1nccn1[C@@H](C#Cc1ccc(-c2ccc(COC3CN(CC#N)C3)cc2)cc1)CO. The molecule has 2 aromatic carbocycles. The minimum atomic E-state index is -0.735. The van der Waals surface area contributed by atoms with E-state index in [1.54, 1.807) is 23.9 Å². The van der Waals surface area contributed by atoms with E-state index in [0.29, 0.717) is 19.0 Å². The minimum Gasteiger partial charge on any atom is -0.393 e. The van der Waals surface area contributed by atoms with Crippen molar-refractivity contribution in [2.45, 2.75) is 31.8 Å². The number of hydrogen-bond acceptors (Lipinski definition) is 6. The molecule has 0 aliphatic carbocycles. The molecule has 34 heavy (non-hydrogen) atoms. The van der Waals surface area contributed by atoms with Crippen molar-refractivity contribution in [3.05, 3.63) is 77.9 Å². The smallest absolute Gasteiger partial charge is 0.138 e. The Bertz CT molecular complexity index is 1180. The van der Waals surface area contributed by atoms with Crippen LogP contribution in [-0.4, -0.2) is 57.0 Å². The molecule has 7 heteroatoms. The Balaban J connectivity index is 1.35. The molecule has 0 radical (unpaired) electrons. The van der Waals surface area contributed by atoms with Gasteiger partial charge >= 0.3 is 0 Å². The molecule has 2 atom stereocenters. The first kappa shape index (κ1) is 23.7. The predicted octanol–water partition coefficient (Wildman–Crippen LogP) is 2.91. The highest BCUT2D eigenvalue weighted by atomic mass is 16.5. The Kier molecular flexibility index (Phi) is 7.74. The zero-order chi connectivity index (χ0) is 23.9. The second kappa shape index (κ2) is 11.1. The predicted molar refractivity (Wildman–Crippen MR) is 128 cm³/mol. The highest BCUT2D eigenvalue weighted by molar-refractivity contribution is 5.64. The number of imidazole rings is 1. The van der Waals surface area contributed by atoms with Crippen LogP contribution in [0.25, 0.3) is 11.1 Å². The van der Waals surface area contributed by atoms with Crippen molar-refractivity contribution in [1.29, 1.82) is 5.26 Å². The van der Waals surface area contributed by atoms with Gasteiger partial charge in [-0.15, -0.1) is 0 Å². The van der Waals surface area contributed by atoms with Crippen molar-refractivity contribution in [3.63, 3.8) is 0 Å². The maximum Gasteiger partial charge on any atom is 0.138 e. The van der Waals surface area contributed by atoms with Crippen LogP contribution in [0.1, 0.15) is 36.0 Å². The molecule has 0 amide bonds. The number of aliphatic hydroxyl groups excluding tert-OH is 2. The van der Waals surface area contributed by atoms with Crippen molar-refractivity contribution in [1.82, 2.24) is 14.5 Å². The minimum absolute atomic E-state index is 0.171. The fourth-order valence-electron chi connectivity index (χ4n) is 3.89. The summed E-state index contributed by atoms with van der Waals surface area (Å²) in [6.07, 6.45) is 2.78. The summed E-state index contributed by atoms with van der Waals surface area (Å²) < 4.78 is 7.60. The lowest BCUT2D eigenvalue weighted by Crippen LogP contribution is -2.51.